The van der Waals surface area contributed by atoms with E-state index in [9.17, 15) is 4.79 Å². The Morgan fingerprint density at radius 3 is 2.27 bits per heavy atom. The van der Waals surface area contributed by atoms with E-state index in [4.69, 9.17) is 4.74 Å². The molecule has 3 nitrogen and oxygen atoms in total. The summed E-state index contributed by atoms with van der Waals surface area (Å²) in [5, 5.41) is 3.43. The molecule has 1 N–H and O–H groups in total. The molecular formula is C19H23NO2. The van der Waals surface area contributed by atoms with Crippen LogP contribution in [0.25, 0.3) is 0 Å². The molecule has 0 amide bonds. The number of rotatable bonds is 4. The standard InChI is InChI=1S/C19H23NO2/c1-5-22-18(21)14-10-12-15(13-11-14)20-17-9-7-6-8-16(17)19(2,3)4/h6-13,20H,5H2,1-4H3. The van der Waals surface area contributed by atoms with Crippen LogP contribution in [0, 0.1) is 0 Å². The van der Waals surface area contributed by atoms with Crippen molar-refractivity contribution in [3.63, 3.8) is 0 Å². The van der Waals surface area contributed by atoms with E-state index in [0.29, 0.717) is 12.2 Å². The topological polar surface area (TPSA) is 38.3 Å². The first kappa shape index (κ1) is 16.1. The van der Waals surface area contributed by atoms with Gasteiger partial charge in [-0.2, -0.15) is 0 Å². The van der Waals surface area contributed by atoms with E-state index in [1.54, 1.807) is 19.1 Å². The Bertz CT molecular complexity index is 639. The third-order valence-electron chi connectivity index (χ3n) is 3.41. The van der Waals surface area contributed by atoms with Gasteiger partial charge in [0.05, 0.1) is 12.2 Å². The quantitative estimate of drug-likeness (QED) is 0.815. The SMILES string of the molecule is CCOC(=O)c1ccc(Nc2ccccc2C(C)(C)C)cc1. The number of nitrogens with one attached hydrogen (secondary N) is 1. The maximum atomic E-state index is 11.7. The molecule has 0 saturated carbocycles. The predicted octanol–water partition coefficient (Wildman–Crippen LogP) is 4.90. The number of hydrogen-bond donors (Lipinski definition) is 1. The number of carbonyl (C=O) groups excluding carboxylic acids is 1. The molecule has 0 aromatic heterocycles. The Labute approximate surface area is 132 Å². The van der Waals surface area contributed by atoms with Crippen molar-refractivity contribution in [3.8, 4) is 0 Å². The zero-order valence-electron chi connectivity index (χ0n) is 13.6. The number of esters is 1. The second-order valence-corrected chi connectivity index (χ2v) is 6.22. The predicted molar refractivity (Wildman–Crippen MR) is 90.8 cm³/mol. The monoisotopic (exact) mass is 297 g/mol. The van der Waals surface area contributed by atoms with E-state index in [0.717, 1.165) is 11.4 Å². The Morgan fingerprint density at radius 1 is 1.05 bits per heavy atom. The summed E-state index contributed by atoms with van der Waals surface area (Å²) in [6.07, 6.45) is 0. The molecule has 116 valence electrons. The lowest BCUT2D eigenvalue weighted by molar-refractivity contribution is 0.0526. The fourth-order valence-electron chi connectivity index (χ4n) is 2.31. The van der Waals surface area contributed by atoms with Gasteiger partial charge in [-0.15, -0.1) is 0 Å². The molecule has 0 bridgehead atoms. The molecule has 0 radical (unpaired) electrons. The molecule has 2 aromatic carbocycles. The highest BCUT2D eigenvalue weighted by molar-refractivity contribution is 5.89. The smallest absolute Gasteiger partial charge is 0.338 e. The third kappa shape index (κ3) is 3.88. The van der Waals surface area contributed by atoms with E-state index in [2.05, 4.69) is 44.3 Å². The number of anilines is 2. The van der Waals surface area contributed by atoms with Gasteiger partial charge >= 0.3 is 5.97 Å². The maximum Gasteiger partial charge on any atom is 0.338 e. The average molecular weight is 297 g/mol. The molecule has 0 aliphatic carbocycles. The van der Waals surface area contributed by atoms with Crippen molar-refractivity contribution in [2.24, 2.45) is 0 Å². The van der Waals surface area contributed by atoms with Crippen LogP contribution in [0.1, 0.15) is 43.6 Å². The molecule has 0 heterocycles. The van der Waals surface area contributed by atoms with Crippen LogP contribution in [0.3, 0.4) is 0 Å². The summed E-state index contributed by atoms with van der Waals surface area (Å²) in [6, 6.07) is 15.6. The van der Waals surface area contributed by atoms with Crippen LogP contribution >= 0.6 is 0 Å². The number of hydrogen-bond acceptors (Lipinski definition) is 3. The molecular weight excluding hydrogens is 274 g/mol. The molecule has 22 heavy (non-hydrogen) atoms. The van der Waals surface area contributed by atoms with E-state index in [-0.39, 0.29) is 11.4 Å². The van der Waals surface area contributed by atoms with Gasteiger partial charge in [0.1, 0.15) is 0 Å². The van der Waals surface area contributed by atoms with Crippen molar-refractivity contribution in [1.82, 2.24) is 0 Å². The summed E-state index contributed by atoms with van der Waals surface area (Å²) in [5.41, 5.74) is 3.92. The molecule has 0 spiro atoms. The Kier molecular flexibility index (Phi) is 4.86. The van der Waals surface area contributed by atoms with Crippen LogP contribution < -0.4 is 5.32 Å². The number of carbonyl (C=O) groups is 1. The fraction of sp³-hybridized carbons (Fsp3) is 0.316. The Hall–Kier alpha value is -2.29. The van der Waals surface area contributed by atoms with Crippen molar-refractivity contribution in [2.75, 3.05) is 11.9 Å². The molecule has 0 aliphatic heterocycles. The minimum atomic E-state index is -0.288. The van der Waals surface area contributed by atoms with Gasteiger partial charge in [-0.05, 0) is 48.2 Å². The fourth-order valence-corrected chi connectivity index (χ4v) is 2.31. The van der Waals surface area contributed by atoms with E-state index in [1.807, 2.05) is 18.2 Å². The van der Waals surface area contributed by atoms with Gasteiger partial charge in [-0.1, -0.05) is 39.0 Å². The van der Waals surface area contributed by atoms with Crippen LogP contribution in [0.2, 0.25) is 0 Å². The van der Waals surface area contributed by atoms with Gasteiger partial charge in [0.25, 0.3) is 0 Å². The molecule has 0 unspecified atom stereocenters. The second kappa shape index (κ2) is 6.65. The van der Waals surface area contributed by atoms with Crippen molar-refractivity contribution >= 4 is 17.3 Å². The molecule has 0 aliphatic rings. The van der Waals surface area contributed by atoms with Gasteiger partial charge in [0.2, 0.25) is 0 Å². The second-order valence-electron chi connectivity index (χ2n) is 6.22. The molecule has 0 saturated heterocycles. The number of para-hydroxylation sites is 1. The van der Waals surface area contributed by atoms with Crippen molar-refractivity contribution in [3.05, 3.63) is 59.7 Å². The molecule has 3 heteroatoms. The van der Waals surface area contributed by atoms with E-state index in [1.165, 1.54) is 5.56 Å². The number of ether oxygens (including phenoxy) is 1. The molecule has 2 aromatic rings. The lowest BCUT2D eigenvalue weighted by Gasteiger charge is -2.23. The lowest BCUT2D eigenvalue weighted by Crippen LogP contribution is -2.13. The first-order valence-corrected chi connectivity index (χ1v) is 7.55. The van der Waals surface area contributed by atoms with Crippen molar-refractivity contribution < 1.29 is 9.53 Å². The maximum absolute atomic E-state index is 11.7. The summed E-state index contributed by atoms with van der Waals surface area (Å²) in [5.74, 6) is -0.288. The van der Waals surface area contributed by atoms with E-state index < -0.39 is 0 Å². The summed E-state index contributed by atoms with van der Waals surface area (Å²) in [6.45, 7) is 8.77. The van der Waals surface area contributed by atoms with Gasteiger partial charge in [0, 0.05) is 11.4 Å². The zero-order chi connectivity index (χ0) is 16.2. The highest BCUT2D eigenvalue weighted by atomic mass is 16.5. The van der Waals surface area contributed by atoms with Gasteiger partial charge in [-0.25, -0.2) is 4.79 Å². The van der Waals surface area contributed by atoms with Gasteiger partial charge in [0.15, 0.2) is 0 Å². The zero-order valence-corrected chi connectivity index (χ0v) is 13.6. The summed E-state index contributed by atoms with van der Waals surface area (Å²) in [4.78, 5) is 11.7. The number of benzene rings is 2. The van der Waals surface area contributed by atoms with Crippen LogP contribution in [0.5, 0.6) is 0 Å². The highest BCUT2D eigenvalue weighted by Gasteiger charge is 2.17. The van der Waals surface area contributed by atoms with Gasteiger partial charge in [-0.3, -0.25) is 0 Å². The lowest BCUT2D eigenvalue weighted by atomic mass is 9.86. The molecule has 0 atom stereocenters. The van der Waals surface area contributed by atoms with Crippen LogP contribution in [0.4, 0.5) is 11.4 Å². The van der Waals surface area contributed by atoms with Crippen LogP contribution in [0.15, 0.2) is 48.5 Å². The minimum absolute atomic E-state index is 0.0640. The van der Waals surface area contributed by atoms with Gasteiger partial charge < -0.3 is 10.1 Å². The third-order valence-corrected chi connectivity index (χ3v) is 3.41. The largest absolute Gasteiger partial charge is 0.462 e. The van der Waals surface area contributed by atoms with Crippen LogP contribution in [-0.2, 0) is 10.2 Å². The van der Waals surface area contributed by atoms with Crippen LogP contribution in [-0.4, -0.2) is 12.6 Å². The summed E-state index contributed by atoms with van der Waals surface area (Å²) < 4.78 is 4.99. The highest BCUT2D eigenvalue weighted by Crippen LogP contribution is 2.31. The minimum Gasteiger partial charge on any atom is -0.462 e. The average Bonchev–Trinajstić information content (AvgIpc) is 2.48. The Morgan fingerprint density at radius 2 is 1.68 bits per heavy atom. The molecule has 0 fully saturated rings. The molecule has 2 rings (SSSR count). The Balaban J connectivity index is 2.20. The van der Waals surface area contributed by atoms with E-state index >= 15 is 0 Å². The first-order chi connectivity index (χ1) is 10.4. The summed E-state index contributed by atoms with van der Waals surface area (Å²) in [7, 11) is 0. The first-order valence-electron chi connectivity index (χ1n) is 7.55. The van der Waals surface area contributed by atoms with Crippen molar-refractivity contribution in [2.45, 2.75) is 33.1 Å². The van der Waals surface area contributed by atoms with Crippen molar-refractivity contribution in [1.29, 1.82) is 0 Å². The normalized spacial score (nSPS) is 11.1. The summed E-state index contributed by atoms with van der Waals surface area (Å²) >= 11 is 0.